The van der Waals surface area contributed by atoms with Gasteiger partial charge in [-0.15, -0.1) is 0 Å². The molecule has 0 aliphatic carbocycles. The van der Waals surface area contributed by atoms with Crippen LogP contribution in [0.3, 0.4) is 0 Å². The maximum absolute atomic E-state index is 6.28. The van der Waals surface area contributed by atoms with E-state index >= 15 is 0 Å². The van der Waals surface area contributed by atoms with Crippen molar-refractivity contribution >= 4 is 34.6 Å². The molecule has 1 fully saturated rings. The van der Waals surface area contributed by atoms with Crippen molar-refractivity contribution in [1.29, 1.82) is 0 Å². The summed E-state index contributed by atoms with van der Waals surface area (Å²) in [6.07, 6.45) is 4.88. The number of rotatable bonds is 5. The Morgan fingerprint density at radius 2 is 2.09 bits per heavy atom. The highest BCUT2D eigenvalue weighted by Crippen LogP contribution is 2.24. The smallest absolute Gasteiger partial charge is 0.173 e. The summed E-state index contributed by atoms with van der Waals surface area (Å²) in [5, 5.41) is 4.80. The SMILES string of the molecule is CCCCN(C)C1CCN(C(=S)Nc2ccc(C)cc2Cl)CC1. The zero-order valence-electron chi connectivity index (χ0n) is 14.4. The highest BCUT2D eigenvalue weighted by molar-refractivity contribution is 7.80. The van der Waals surface area contributed by atoms with E-state index in [9.17, 15) is 0 Å². The lowest BCUT2D eigenvalue weighted by Gasteiger charge is -2.38. The van der Waals surface area contributed by atoms with Crippen molar-refractivity contribution in [2.24, 2.45) is 0 Å². The fourth-order valence-electron chi connectivity index (χ4n) is 3.02. The van der Waals surface area contributed by atoms with Gasteiger partial charge in [-0.1, -0.05) is 31.0 Å². The Labute approximate surface area is 151 Å². The summed E-state index contributed by atoms with van der Waals surface area (Å²) in [6, 6.07) is 6.69. The molecule has 0 atom stereocenters. The van der Waals surface area contributed by atoms with Crippen LogP contribution in [0.15, 0.2) is 18.2 Å². The summed E-state index contributed by atoms with van der Waals surface area (Å²) in [6.45, 7) is 7.50. The Kier molecular flexibility index (Phi) is 7.12. The number of anilines is 1. The third-order valence-corrected chi connectivity index (χ3v) is 5.28. The van der Waals surface area contributed by atoms with Crippen molar-refractivity contribution in [2.45, 2.75) is 45.6 Å². The Morgan fingerprint density at radius 3 is 2.70 bits per heavy atom. The van der Waals surface area contributed by atoms with E-state index in [2.05, 4.69) is 29.1 Å². The number of aryl methyl sites for hydroxylation is 1. The number of nitrogens with one attached hydrogen (secondary N) is 1. The van der Waals surface area contributed by atoms with Gasteiger partial charge in [0.2, 0.25) is 0 Å². The average molecular weight is 354 g/mol. The molecule has 1 saturated heterocycles. The highest BCUT2D eigenvalue weighted by Gasteiger charge is 2.23. The van der Waals surface area contributed by atoms with Gasteiger partial charge < -0.3 is 15.1 Å². The van der Waals surface area contributed by atoms with Crippen LogP contribution < -0.4 is 5.32 Å². The second kappa shape index (κ2) is 8.86. The van der Waals surface area contributed by atoms with Gasteiger partial charge in [-0.25, -0.2) is 0 Å². The Balaban J connectivity index is 1.83. The van der Waals surface area contributed by atoms with E-state index in [-0.39, 0.29) is 0 Å². The number of nitrogens with zero attached hydrogens (tertiary/aromatic N) is 2. The predicted molar refractivity (Wildman–Crippen MR) is 105 cm³/mol. The van der Waals surface area contributed by atoms with Gasteiger partial charge in [0.15, 0.2) is 5.11 Å². The van der Waals surface area contributed by atoms with E-state index in [0.717, 1.165) is 34.5 Å². The number of likely N-dealkylation sites (tertiary alicyclic amines) is 1. The van der Waals surface area contributed by atoms with E-state index in [1.807, 2.05) is 25.1 Å². The molecule has 3 nitrogen and oxygen atoms in total. The maximum Gasteiger partial charge on any atom is 0.173 e. The summed E-state index contributed by atoms with van der Waals surface area (Å²) in [4.78, 5) is 4.77. The van der Waals surface area contributed by atoms with Crippen LogP contribution in [0, 0.1) is 6.92 Å². The van der Waals surface area contributed by atoms with Crippen LogP contribution in [0.2, 0.25) is 5.02 Å². The molecule has 1 N–H and O–H groups in total. The minimum atomic E-state index is 0.684. The molecular weight excluding hydrogens is 326 g/mol. The van der Waals surface area contributed by atoms with E-state index in [4.69, 9.17) is 23.8 Å². The third-order valence-electron chi connectivity index (χ3n) is 4.61. The second-order valence-corrected chi connectivity index (χ2v) is 7.26. The molecule has 0 aromatic heterocycles. The van der Waals surface area contributed by atoms with E-state index < -0.39 is 0 Å². The average Bonchev–Trinajstić information content (AvgIpc) is 2.55. The molecule has 1 heterocycles. The quantitative estimate of drug-likeness (QED) is 0.783. The van der Waals surface area contributed by atoms with Gasteiger partial charge in [-0.3, -0.25) is 0 Å². The van der Waals surface area contributed by atoms with E-state index in [0.29, 0.717) is 6.04 Å². The number of benzene rings is 1. The molecule has 2 rings (SSSR count). The molecule has 0 radical (unpaired) electrons. The van der Waals surface area contributed by atoms with Gasteiger partial charge in [-0.2, -0.15) is 0 Å². The van der Waals surface area contributed by atoms with Crippen LogP contribution in [0.5, 0.6) is 0 Å². The first-order valence-corrected chi connectivity index (χ1v) is 9.32. The molecular formula is C18H28ClN3S. The molecule has 0 amide bonds. The number of unbranched alkanes of at least 4 members (excludes halogenated alkanes) is 1. The molecule has 1 aromatic rings. The maximum atomic E-state index is 6.28. The first kappa shape index (κ1) is 18.5. The zero-order valence-corrected chi connectivity index (χ0v) is 16.0. The molecule has 23 heavy (non-hydrogen) atoms. The van der Waals surface area contributed by atoms with Crippen molar-refractivity contribution in [3.8, 4) is 0 Å². The van der Waals surface area contributed by atoms with Crippen molar-refractivity contribution in [3.05, 3.63) is 28.8 Å². The second-order valence-electron chi connectivity index (χ2n) is 6.47. The van der Waals surface area contributed by atoms with Gasteiger partial charge in [0.25, 0.3) is 0 Å². The van der Waals surface area contributed by atoms with Gasteiger partial charge in [0.05, 0.1) is 10.7 Å². The standard InChI is InChI=1S/C18H28ClN3S/c1-4-5-10-21(3)15-8-11-22(12-9-15)18(23)20-17-7-6-14(2)13-16(17)19/h6-7,13,15H,4-5,8-12H2,1-3H3,(H,20,23). The van der Waals surface area contributed by atoms with Crippen molar-refractivity contribution in [2.75, 3.05) is 32.0 Å². The van der Waals surface area contributed by atoms with E-state index in [1.54, 1.807) is 0 Å². The lowest BCUT2D eigenvalue weighted by Crippen LogP contribution is -2.47. The summed E-state index contributed by atoms with van der Waals surface area (Å²) in [5.41, 5.74) is 2.05. The molecule has 0 bridgehead atoms. The summed E-state index contributed by atoms with van der Waals surface area (Å²) in [7, 11) is 2.25. The number of hydrogen-bond donors (Lipinski definition) is 1. The number of hydrogen-bond acceptors (Lipinski definition) is 2. The van der Waals surface area contributed by atoms with Crippen molar-refractivity contribution in [1.82, 2.24) is 9.80 Å². The molecule has 1 aromatic carbocycles. The summed E-state index contributed by atoms with van der Waals surface area (Å²) in [5.74, 6) is 0. The van der Waals surface area contributed by atoms with Crippen LogP contribution in [0.4, 0.5) is 5.69 Å². The zero-order chi connectivity index (χ0) is 16.8. The first-order valence-electron chi connectivity index (χ1n) is 8.53. The van der Waals surface area contributed by atoms with Crippen LogP contribution in [0.25, 0.3) is 0 Å². The Bertz CT molecular complexity index is 527. The molecule has 0 spiro atoms. The largest absolute Gasteiger partial charge is 0.349 e. The first-order chi connectivity index (χ1) is 11.0. The van der Waals surface area contributed by atoms with Gasteiger partial charge in [-0.05, 0) is 69.7 Å². The molecule has 1 aliphatic rings. The van der Waals surface area contributed by atoms with E-state index in [1.165, 1.54) is 32.2 Å². The van der Waals surface area contributed by atoms with Crippen LogP contribution in [-0.4, -0.2) is 47.6 Å². The van der Waals surface area contributed by atoms with Crippen LogP contribution >= 0.6 is 23.8 Å². The monoisotopic (exact) mass is 353 g/mol. The van der Waals surface area contributed by atoms with Gasteiger partial charge in [0, 0.05) is 19.1 Å². The lowest BCUT2D eigenvalue weighted by atomic mass is 10.0. The fourth-order valence-corrected chi connectivity index (χ4v) is 3.59. The van der Waals surface area contributed by atoms with Crippen molar-refractivity contribution in [3.63, 3.8) is 0 Å². The number of halogens is 1. The normalized spacial score (nSPS) is 16.0. The Morgan fingerprint density at radius 1 is 1.39 bits per heavy atom. The highest BCUT2D eigenvalue weighted by atomic mass is 35.5. The van der Waals surface area contributed by atoms with Crippen LogP contribution in [-0.2, 0) is 0 Å². The third kappa shape index (κ3) is 5.33. The Hall–Kier alpha value is -0.840. The molecule has 5 heteroatoms. The summed E-state index contributed by atoms with van der Waals surface area (Å²) >= 11 is 11.8. The predicted octanol–water partition coefficient (Wildman–Crippen LogP) is 4.54. The number of piperidine rings is 1. The molecule has 0 unspecified atom stereocenters. The van der Waals surface area contributed by atoms with Crippen molar-refractivity contribution < 1.29 is 0 Å². The van der Waals surface area contributed by atoms with Gasteiger partial charge >= 0.3 is 0 Å². The molecule has 1 aliphatic heterocycles. The number of thiocarbonyl (C=S) groups is 1. The minimum Gasteiger partial charge on any atom is -0.349 e. The topological polar surface area (TPSA) is 18.5 Å². The van der Waals surface area contributed by atoms with Crippen LogP contribution in [0.1, 0.15) is 38.2 Å². The minimum absolute atomic E-state index is 0.684. The van der Waals surface area contributed by atoms with Gasteiger partial charge in [0.1, 0.15) is 0 Å². The molecule has 0 saturated carbocycles. The lowest BCUT2D eigenvalue weighted by molar-refractivity contribution is 0.163. The summed E-state index contributed by atoms with van der Waals surface area (Å²) < 4.78 is 0. The fraction of sp³-hybridized carbons (Fsp3) is 0.611. The molecule has 128 valence electrons.